The lowest BCUT2D eigenvalue weighted by Crippen LogP contribution is -2.27. The van der Waals surface area contributed by atoms with Crippen molar-refractivity contribution in [1.29, 1.82) is 0 Å². The van der Waals surface area contributed by atoms with Crippen LogP contribution >= 0.6 is 24.0 Å². The van der Waals surface area contributed by atoms with Crippen LogP contribution in [0.25, 0.3) is 0 Å². The Kier molecular flexibility index (Phi) is 10.3. The number of amides is 1. The molecule has 0 saturated carbocycles. The highest BCUT2D eigenvalue weighted by atomic mass is 35.5. The maximum absolute atomic E-state index is 12.1. The molecule has 0 unspecified atom stereocenters. The van der Waals surface area contributed by atoms with Crippen molar-refractivity contribution in [1.82, 2.24) is 10.6 Å². The van der Waals surface area contributed by atoms with Gasteiger partial charge in [0.05, 0.1) is 12.2 Å². The van der Waals surface area contributed by atoms with Crippen LogP contribution in [0.3, 0.4) is 0 Å². The van der Waals surface area contributed by atoms with Gasteiger partial charge in [-0.1, -0.05) is 18.5 Å². The SMILES string of the molecule is CCCOc1ccc(Cl)cc1C(=O)NCCCNC.Cl. The molecule has 1 rings (SSSR count). The van der Waals surface area contributed by atoms with Crippen LogP contribution in [0.5, 0.6) is 5.75 Å². The molecule has 0 heterocycles. The molecule has 0 aliphatic carbocycles. The molecule has 0 fully saturated rings. The van der Waals surface area contributed by atoms with Crippen molar-refractivity contribution in [3.05, 3.63) is 28.8 Å². The van der Waals surface area contributed by atoms with Gasteiger partial charge in [0.25, 0.3) is 5.91 Å². The number of carbonyl (C=O) groups excluding carboxylic acids is 1. The quantitative estimate of drug-likeness (QED) is 0.724. The zero-order chi connectivity index (χ0) is 14.1. The Morgan fingerprint density at radius 1 is 1.35 bits per heavy atom. The lowest BCUT2D eigenvalue weighted by atomic mass is 10.2. The molecule has 6 heteroatoms. The van der Waals surface area contributed by atoms with E-state index in [-0.39, 0.29) is 18.3 Å². The molecule has 0 saturated heterocycles. The van der Waals surface area contributed by atoms with Crippen LogP contribution in [0.4, 0.5) is 0 Å². The van der Waals surface area contributed by atoms with Gasteiger partial charge in [-0.25, -0.2) is 0 Å². The predicted octanol–water partition coefficient (Wildman–Crippen LogP) is 2.89. The molecule has 1 aromatic carbocycles. The first kappa shape index (κ1) is 19.0. The Hall–Kier alpha value is -0.970. The highest BCUT2D eigenvalue weighted by Crippen LogP contribution is 2.23. The van der Waals surface area contributed by atoms with Crippen LogP contribution < -0.4 is 15.4 Å². The minimum Gasteiger partial charge on any atom is -0.493 e. The van der Waals surface area contributed by atoms with E-state index in [4.69, 9.17) is 16.3 Å². The third kappa shape index (κ3) is 6.46. The molecule has 4 nitrogen and oxygen atoms in total. The standard InChI is InChI=1S/C14H21ClN2O2.ClH/c1-3-9-19-13-6-5-11(15)10-12(13)14(18)17-8-4-7-16-2;/h5-6,10,16H,3-4,7-9H2,1-2H3,(H,17,18);1H. The fourth-order valence-corrected chi connectivity index (χ4v) is 1.75. The van der Waals surface area contributed by atoms with Crippen molar-refractivity contribution >= 4 is 29.9 Å². The summed E-state index contributed by atoms with van der Waals surface area (Å²) in [4.78, 5) is 12.1. The van der Waals surface area contributed by atoms with E-state index in [2.05, 4.69) is 10.6 Å². The molecule has 0 bridgehead atoms. The van der Waals surface area contributed by atoms with Gasteiger partial charge in [-0.05, 0) is 44.6 Å². The molecule has 1 aromatic rings. The van der Waals surface area contributed by atoms with Gasteiger partial charge in [0.1, 0.15) is 5.75 Å². The predicted molar refractivity (Wildman–Crippen MR) is 85.4 cm³/mol. The Balaban J connectivity index is 0.00000361. The molecule has 20 heavy (non-hydrogen) atoms. The molecular formula is C14H22Cl2N2O2. The van der Waals surface area contributed by atoms with E-state index >= 15 is 0 Å². The second-order valence-corrected chi connectivity index (χ2v) is 4.64. The number of halogens is 2. The van der Waals surface area contributed by atoms with Crippen LogP contribution in [0.2, 0.25) is 5.02 Å². The zero-order valence-corrected chi connectivity index (χ0v) is 13.4. The Morgan fingerprint density at radius 2 is 2.10 bits per heavy atom. The van der Waals surface area contributed by atoms with Crippen molar-refractivity contribution in [3.8, 4) is 5.75 Å². The topological polar surface area (TPSA) is 50.4 Å². The van der Waals surface area contributed by atoms with Crippen molar-refractivity contribution in [2.45, 2.75) is 19.8 Å². The van der Waals surface area contributed by atoms with Gasteiger partial charge in [0.2, 0.25) is 0 Å². The average molecular weight is 321 g/mol. The largest absolute Gasteiger partial charge is 0.493 e. The summed E-state index contributed by atoms with van der Waals surface area (Å²) in [6, 6.07) is 5.10. The summed E-state index contributed by atoms with van der Waals surface area (Å²) in [7, 11) is 1.88. The maximum Gasteiger partial charge on any atom is 0.255 e. The minimum absolute atomic E-state index is 0. The average Bonchev–Trinajstić information content (AvgIpc) is 2.42. The van der Waals surface area contributed by atoms with Gasteiger partial charge in [-0.15, -0.1) is 12.4 Å². The Morgan fingerprint density at radius 3 is 2.75 bits per heavy atom. The number of rotatable bonds is 8. The van der Waals surface area contributed by atoms with Crippen LogP contribution in [-0.2, 0) is 0 Å². The van der Waals surface area contributed by atoms with Crippen LogP contribution in [-0.4, -0.2) is 32.7 Å². The monoisotopic (exact) mass is 320 g/mol. The summed E-state index contributed by atoms with van der Waals surface area (Å²) < 4.78 is 5.56. The fourth-order valence-electron chi connectivity index (χ4n) is 1.58. The first-order valence-corrected chi connectivity index (χ1v) is 6.92. The van der Waals surface area contributed by atoms with Crippen LogP contribution in [0.15, 0.2) is 18.2 Å². The molecule has 2 N–H and O–H groups in total. The molecular weight excluding hydrogens is 299 g/mol. The number of nitrogens with one attached hydrogen (secondary N) is 2. The number of carbonyl (C=O) groups is 1. The highest BCUT2D eigenvalue weighted by Gasteiger charge is 2.12. The van der Waals surface area contributed by atoms with E-state index < -0.39 is 0 Å². The third-order valence-corrected chi connectivity index (χ3v) is 2.77. The van der Waals surface area contributed by atoms with Crippen LogP contribution in [0.1, 0.15) is 30.1 Å². The number of hydrogen-bond acceptors (Lipinski definition) is 3. The van der Waals surface area contributed by atoms with Gasteiger partial charge < -0.3 is 15.4 Å². The second-order valence-electron chi connectivity index (χ2n) is 4.20. The summed E-state index contributed by atoms with van der Waals surface area (Å²) >= 11 is 5.93. The zero-order valence-electron chi connectivity index (χ0n) is 11.9. The Bertz CT molecular complexity index is 414. The molecule has 0 aliphatic heterocycles. The van der Waals surface area contributed by atoms with E-state index in [1.54, 1.807) is 18.2 Å². The Labute approximate surface area is 131 Å². The van der Waals surface area contributed by atoms with E-state index in [0.29, 0.717) is 29.5 Å². The number of ether oxygens (including phenoxy) is 1. The van der Waals surface area contributed by atoms with E-state index in [1.165, 1.54) is 0 Å². The van der Waals surface area contributed by atoms with Crippen molar-refractivity contribution in [2.24, 2.45) is 0 Å². The summed E-state index contributed by atoms with van der Waals surface area (Å²) in [5.74, 6) is 0.432. The third-order valence-electron chi connectivity index (χ3n) is 2.54. The van der Waals surface area contributed by atoms with E-state index in [1.807, 2.05) is 14.0 Å². The summed E-state index contributed by atoms with van der Waals surface area (Å²) in [5.41, 5.74) is 0.491. The van der Waals surface area contributed by atoms with Gasteiger partial charge in [0.15, 0.2) is 0 Å². The first-order valence-electron chi connectivity index (χ1n) is 6.54. The smallest absolute Gasteiger partial charge is 0.255 e. The molecule has 0 radical (unpaired) electrons. The van der Waals surface area contributed by atoms with Crippen molar-refractivity contribution in [3.63, 3.8) is 0 Å². The van der Waals surface area contributed by atoms with E-state index in [9.17, 15) is 4.79 Å². The fraction of sp³-hybridized carbons (Fsp3) is 0.500. The van der Waals surface area contributed by atoms with Gasteiger partial charge in [0, 0.05) is 11.6 Å². The minimum atomic E-state index is -0.148. The summed E-state index contributed by atoms with van der Waals surface area (Å²) in [5, 5.41) is 6.42. The first-order chi connectivity index (χ1) is 9.19. The normalized spacial score (nSPS) is 9.75. The van der Waals surface area contributed by atoms with Gasteiger partial charge in [-0.3, -0.25) is 4.79 Å². The van der Waals surface area contributed by atoms with Gasteiger partial charge >= 0.3 is 0 Å². The van der Waals surface area contributed by atoms with Crippen molar-refractivity contribution in [2.75, 3.05) is 26.7 Å². The molecule has 0 atom stereocenters. The number of benzene rings is 1. The molecule has 0 aliphatic rings. The van der Waals surface area contributed by atoms with Crippen molar-refractivity contribution < 1.29 is 9.53 Å². The lowest BCUT2D eigenvalue weighted by Gasteiger charge is -2.11. The summed E-state index contributed by atoms with van der Waals surface area (Å²) in [6.45, 7) is 4.10. The maximum atomic E-state index is 12.1. The van der Waals surface area contributed by atoms with Gasteiger partial charge in [-0.2, -0.15) is 0 Å². The molecule has 1 amide bonds. The number of hydrogen-bond donors (Lipinski definition) is 2. The molecule has 114 valence electrons. The molecule has 0 aromatic heterocycles. The highest BCUT2D eigenvalue weighted by molar-refractivity contribution is 6.31. The summed E-state index contributed by atoms with van der Waals surface area (Å²) in [6.07, 6.45) is 1.78. The van der Waals surface area contributed by atoms with Crippen LogP contribution in [0, 0.1) is 0 Å². The second kappa shape index (κ2) is 10.8. The lowest BCUT2D eigenvalue weighted by molar-refractivity contribution is 0.0949. The van der Waals surface area contributed by atoms with E-state index in [0.717, 1.165) is 19.4 Å². The molecule has 0 spiro atoms.